The lowest BCUT2D eigenvalue weighted by molar-refractivity contribution is -0.0435. The maximum absolute atomic E-state index is 14.2. The fourth-order valence-corrected chi connectivity index (χ4v) is 12.2. The number of sulfonamides is 1. The molecule has 65 heavy (non-hydrogen) atoms. The molecule has 10 nitrogen and oxygen atoms in total. The van der Waals surface area contributed by atoms with E-state index in [9.17, 15) is 34.8 Å². The molecule has 2 aliphatic heterocycles. The minimum Gasteiger partial charge on any atom is -0.380 e. The van der Waals surface area contributed by atoms with Crippen molar-refractivity contribution in [3.05, 3.63) is 119 Å². The van der Waals surface area contributed by atoms with Gasteiger partial charge in [-0.25, -0.2) is 21.6 Å². The summed E-state index contributed by atoms with van der Waals surface area (Å²) in [7, 11) is -10.9. The first-order valence-electron chi connectivity index (χ1n) is 22.3. The van der Waals surface area contributed by atoms with Crippen molar-refractivity contribution in [1.29, 1.82) is 0 Å². The number of halogens is 4. The van der Waals surface area contributed by atoms with Crippen LogP contribution in [0.4, 0.5) is 24.5 Å². The van der Waals surface area contributed by atoms with Gasteiger partial charge in [0, 0.05) is 84.3 Å². The summed E-state index contributed by atoms with van der Waals surface area (Å²) in [6.07, 6.45) is 8.20. The highest BCUT2D eigenvalue weighted by molar-refractivity contribution is 7.99. The van der Waals surface area contributed by atoms with Crippen LogP contribution in [-0.2, 0) is 19.9 Å². The van der Waals surface area contributed by atoms with Gasteiger partial charge in [0.25, 0.3) is 25.8 Å². The first kappa shape index (κ1) is 48.9. The van der Waals surface area contributed by atoms with Gasteiger partial charge in [-0.15, -0.1) is 11.8 Å². The quantitative estimate of drug-likeness (QED) is 0.105. The number of likely N-dealkylation sites (tertiary alicyclic amines) is 1. The lowest BCUT2D eigenvalue weighted by atomic mass is 9.95. The molecule has 2 fully saturated rings. The molecule has 0 bridgehead atoms. The normalized spacial score (nSPS) is 19.8. The fraction of sp³-hybridized carbons (Fsp3) is 0.438. The molecule has 17 heteroatoms. The SMILES string of the molecule is CC1CC[C@@H](C)N1CC[C@H](CSc1ccccc1)Nc1ccc(S(=O)(=O)NC(=O)c2ccc(N3CCN(CC4=C(c5ccc(Cl)cc5)CCCCC4)CC3)cc2)cc1S(=O)(=O)C(F)(F)F. The van der Waals surface area contributed by atoms with Crippen LogP contribution < -0.4 is 14.9 Å². The molecule has 7 rings (SSSR count). The third-order valence-corrected chi connectivity index (χ3v) is 17.1. The zero-order valence-electron chi connectivity index (χ0n) is 36.7. The number of carbonyl (C=O) groups excluding carboxylic acids is 1. The van der Waals surface area contributed by atoms with Crippen molar-refractivity contribution >= 4 is 66.1 Å². The fourth-order valence-electron chi connectivity index (χ4n) is 9.08. The molecule has 3 aliphatic rings. The molecule has 2 saturated heterocycles. The monoisotopic (exact) mass is 971 g/mol. The second-order valence-electron chi connectivity index (χ2n) is 17.3. The van der Waals surface area contributed by atoms with Crippen LogP contribution in [0.15, 0.2) is 117 Å². The van der Waals surface area contributed by atoms with E-state index in [1.54, 1.807) is 12.1 Å². The molecule has 0 spiro atoms. The molecule has 0 aromatic heterocycles. The maximum Gasteiger partial charge on any atom is 0.501 e. The van der Waals surface area contributed by atoms with Crippen molar-refractivity contribution < 1.29 is 34.8 Å². The number of anilines is 2. The van der Waals surface area contributed by atoms with Crippen LogP contribution in [0.2, 0.25) is 5.02 Å². The van der Waals surface area contributed by atoms with Gasteiger partial charge in [-0.1, -0.05) is 53.9 Å². The van der Waals surface area contributed by atoms with E-state index in [1.165, 1.54) is 59.9 Å². The molecule has 2 heterocycles. The molecule has 350 valence electrons. The highest BCUT2D eigenvalue weighted by Gasteiger charge is 2.48. The van der Waals surface area contributed by atoms with E-state index in [0.29, 0.717) is 36.9 Å². The summed E-state index contributed by atoms with van der Waals surface area (Å²) in [4.78, 5) is 19.2. The molecule has 0 radical (unpaired) electrons. The van der Waals surface area contributed by atoms with Crippen molar-refractivity contribution in [1.82, 2.24) is 14.5 Å². The highest BCUT2D eigenvalue weighted by atomic mass is 35.5. The zero-order valence-corrected chi connectivity index (χ0v) is 39.9. The largest absolute Gasteiger partial charge is 0.501 e. The predicted octanol–water partition coefficient (Wildman–Crippen LogP) is 10.1. The van der Waals surface area contributed by atoms with Crippen molar-refractivity contribution in [3.8, 4) is 0 Å². The van der Waals surface area contributed by atoms with Crippen LogP contribution in [0, 0.1) is 0 Å². The van der Waals surface area contributed by atoms with Gasteiger partial charge in [-0.3, -0.25) is 14.6 Å². The van der Waals surface area contributed by atoms with E-state index in [4.69, 9.17) is 11.6 Å². The van der Waals surface area contributed by atoms with Crippen LogP contribution in [0.1, 0.15) is 81.1 Å². The Morgan fingerprint density at radius 3 is 2.15 bits per heavy atom. The number of hydrogen-bond donors (Lipinski definition) is 2. The zero-order chi connectivity index (χ0) is 46.4. The smallest absolute Gasteiger partial charge is 0.380 e. The number of benzene rings is 4. The summed E-state index contributed by atoms with van der Waals surface area (Å²) < 4.78 is 98.0. The molecule has 2 N–H and O–H groups in total. The third-order valence-electron chi connectivity index (χ3n) is 12.8. The number of thioether (sulfide) groups is 1. The Hall–Kier alpha value is -4.06. The predicted molar refractivity (Wildman–Crippen MR) is 255 cm³/mol. The lowest BCUT2D eigenvalue weighted by Gasteiger charge is -2.37. The molecule has 1 aliphatic carbocycles. The van der Waals surface area contributed by atoms with Gasteiger partial charge in [0.2, 0.25) is 0 Å². The van der Waals surface area contributed by atoms with E-state index >= 15 is 0 Å². The van der Waals surface area contributed by atoms with Gasteiger partial charge in [-0.05, 0) is 137 Å². The van der Waals surface area contributed by atoms with Crippen LogP contribution in [0.25, 0.3) is 5.57 Å². The molecule has 4 aromatic rings. The van der Waals surface area contributed by atoms with E-state index in [0.717, 1.165) is 86.1 Å². The van der Waals surface area contributed by atoms with Gasteiger partial charge < -0.3 is 10.2 Å². The number of allylic oxidation sites excluding steroid dienone is 1. The minimum atomic E-state index is -6.05. The molecular formula is C48H57ClF3N5O5S3. The number of piperazine rings is 1. The molecule has 3 atom stereocenters. The second kappa shape index (κ2) is 21.3. The number of alkyl halides is 3. The van der Waals surface area contributed by atoms with Crippen molar-refractivity contribution in [2.45, 2.75) is 104 Å². The number of rotatable bonds is 16. The van der Waals surface area contributed by atoms with Gasteiger partial charge >= 0.3 is 5.51 Å². The first-order valence-corrected chi connectivity index (χ1v) is 26.6. The highest BCUT2D eigenvalue weighted by Crippen LogP contribution is 2.38. The third kappa shape index (κ3) is 12.3. The van der Waals surface area contributed by atoms with Crippen molar-refractivity contribution in [2.24, 2.45) is 0 Å². The maximum atomic E-state index is 14.2. The van der Waals surface area contributed by atoms with E-state index < -0.39 is 47.1 Å². The Balaban J connectivity index is 1.02. The van der Waals surface area contributed by atoms with Crippen LogP contribution in [-0.4, -0.2) is 101 Å². The number of carbonyl (C=O) groups is 1. The summed E-state index contributed by atoms with van der Waals surface area (Å²) in [6.45, 7) is 8.95. The molecule has 1 unspecified atom stereocenters. The number of hydrogen-bond acceptors (Lipinski definition) is 10. The topological polar surface area (TPSA) is 119 Å². The molecular weight excluding hydrogens is 915 g/mol. The summed E-state index contributed by atoms with van der Waals surface area (Å²) in [6, 6.07) is 26.7. The van der Waals surface area contributed by atoms with E-state index in [1.807, 2.05) is 47.2 Å². The van der Waals surface area contributed by atoms with Gasteiger partial charge in [0.15, 0.2) is 0 Å². The van der Waals surface area contributed by atoms with Gasteiger partial charge in [-0.2, -0.15) is 13.2 Å². The Morgan fingerprint density at radius 2 is 1.49 bits per heavy atom. The van der Waals surface area contributed by atoms with Crippen LogP contribution in [0.5, 0.6) is 0 Å². The Kier molecular flexibility index (Phi) is 16.0. The molecule has 1 amide bonds. The van der Waals surface area contributed by atoms with E-state index in [-0.39, 0.29) is 11.3 Å². The van der Waals surface area contributed by atoms with Crippen molar-refractivity contribution in [2.75, 3.05) is 55.2 Å². The number of sulfone groups is 1. The molecule has 4 aromatic carbocycles. The average Bonchev–Trinajstić information content (AvgIpc) is 3.44. The second-order valence-corrected chi connectivity index (χ2v) is 22.4. The lowest BCUT2D eigenvalue weighted by Crippen LogP contribution is -2.47. The Morgan fingerprint density at radius 1 is 0.831 bits per heavy atom. The Labute approximate surface area is 391 Å². The van der Waals surface area contributed by atoms with Crippen LogP contribution >= 0.6 is 23.4 Å². The van der Waals surface area contributed by atoms with Crippen molar-refractivity contribution in [3.63, 3.8) is 0 Å². The van der Waals surface area contributed by atoms with Gasteiger partial charge in [0.05, 0.1) is 10.6 Å². The number of amides is 1. The minimum absolute atomic E-state index is 0.00723. The average molecular weight is 973 g/mol. The van der Waals surface area contributed by atoms with Crippen LogP contribution in [0.3, 0.4) is 0 Å². The number of nitrogens with zero attached hydrogens (tertiary/aromatic N) is 3. The van der Waals surface area contributed by atoms with Gasteiger partial charge in [0.1, 0.15) is 4.90 Å². The Bertz CT molecular complexity index is 2510. The summed E-state index contributed by atoms with van der Waals surface area (Å²) in [5.41, 5.74) is -1.12. The van der Waals surface area contributed by atoms with E-state index in [2.05, 4.69) is 46.0 Å². The molecule has 0 saturated carbocycles. The summed E-state index contributed by atoms with van der Waals surface area (Å²) in [5.74, 6) is -0.622. The standard InChI is InChI=1S/C48H57ClF3N5O5S3/c1-34-13-14-35(2)57(34)26-25-40(33-63-42-10-6-4-7-11-42)53-45-24-23-43(31-46(45)64(59,60)48(50,51)52)65(61,62)54-47(58)37-17-21-41(22-18-37)56-29-27-55(28-30-56)32-38-9-5-3-8-12-44(38)36-15-19-39(49)20-16-36/h4,6-7,10-11,15-24,31,34-35,40,53H,3,5,8-9,12-14,25-30,32-33H2,1-2H3,(H,54,58)/t34-,35?,40-/m1/s1. The summed E-state index contributed by atoms with van der Waals surface area (Å²) in [5, 5.41) is 3.76. The first-order chi connectivity index (χ1) is 31.0. The number of nitrogens with one attached hydrogen (secondary N) is 2. The summed E-state index contributed by atoms with van der Waals surface area (Å²) >= 11 is 7.65.